The lowest BCUT2D eigenvalue weighted by molar-refractivity contribution is 0.619. The molecule has 96 valence electrons. The van der Waals surface area contributed by atoms with Crippen LogP contribution in [0.4, 0.5) is 14.7 Å². The maximum absolute atomic E-state index is 14.0. The van der Waals surface area contributed by atoms with E-state index in [1.807, 2.05) is 0 Å². The van der Waals surface area contributed by atoms with Crippen LogP contribution in [0, 0.1) is 11.6 Å². The van der Waals surface area contributed by atoms with Crippen molar-refractivity contribution in [3.63, 3.8) is 0 Å². The van der Waals surface area contributed by atoms with Gasteiger partial charge in [-0.15, -0.1) is 0 Å². The maximum atomic E-state index is 14.0. The number of fused-ring (bicyclic) bond motifs is 1. The Labute approximate surface area is 112 Å². The van der Waals surface area contributed by atoms with Crippen molar-refractivity contribution in [3.05, 3.63) is 53.1 Å². The van der Waals surface area contributed by atoms with Gasteiger partial charge in [0.2, 0.25) is 5.95 Å². The minimum atomic E-state index is -0.626. The number of anilines is 1. The summed E-state index contributed by atoms with van der Waals surface area (Å²) in [7, 11) is 0. The monoisotopic (exact) mass is 279 g/mol. The van der Waals surface area contributed by atoms with Crippen molar-refractivity contribution in [2.24, 2.45) is 0 Å². The van der Waals surface area contributed by atoms with Gasteiger partial charge < -0.3 is 5.73 Å². The molecule has 1 heterocycles. The standard InChI is InChI=1S/C13H8ClF2N3/c14-8-2-1-3-10(12(8)16)19-11-6-7(15)4-5-9(11)18-13(19)17/h1-6H,(H2,17,18). The topological polar surface area (TPSA) is 43.8 Å². The number of aromatic nitrogens is 2. The predicted molar refractivity (Wildman–Crippen MR) is 70.4 cm³/mol. The lowest BCUT2D eigenvalue weighted by Crippen LogP contribution is -2.03. The average Bonchev–Trinajstić information content (AvgIpc) is 2.69. The van der Waals surface area contributed by atoms with Gasteiger partial charge in [0.05, 0.1) is 21.7 Å². The zero-order valence-electron chi connectivity index (χ0n) is 9.57. The van der Waals surface area contributed by atoms with E-state index < -0.39 is 11.6 Å². The summed E-state index contributed by atoms with van der Waals surface area (Å²) in [5, 5.41) is -0.0323. The van der Waals surface area contributed by atoms with Gasteiger partial charge in [-0.1, -0.05) is 17.7 Å². The zero-order chi connectivity index (χ0) is 13.6. The van der Waals surface area contributed by atoms with E-state index in [-0.39, 0.29) is 16.7 Å². The molecular weight excluding hydrogens is 272 g/mol. The number of halogens is 3. The van der Waals surface area contributed by atoms with Crippen LogP contribution in [-0.4, -0.2) is 9.55 Å². The number of imidazole rings is 1. The van der Waals surface area contributed by atoms with Crippen molar-refractivity contribution in [1.29, 1.82) is 0 Å². The number of nitrogens with two attached hydrogens (primary N) is 1. The van der Waals surface area contributed by atoms with E-state index in [1.54, 1.807) is 6.07 Å². The van der Waals surface area contributed by atoms with Crippen LogP contribution < -0.4 is 5.73 Å². The molecular formula is C13H8ClF2N3. The highest BCUT2D eigenvalue weighted by Crippen LogP contribution is 2.28. The molecule has 6 heteroatoms. The van der Waals surface area contributed by atoms with Gasteiger partial charge in [0.15, 0.2) is 5.82 Å². The Morgan fingerprint density at radius 2 is 1.95 bits per heavy atom. The number of hydrogen-bond acceptors (Lipinski definition) is 2. The molecule has 0 aliphatic heterocycles. The van der Waals surface area contributed by atoms with Gasteiger partial charge in [-0.3, -0.25) is 4.57 Å². The summed E-state index contributed by atoms with van der Waals surface area (Å²) in [5.74, 6) is -1.00. The van der Waals surface area contributed by atoms with Gasteiger partial charge in [0.1, 0.15) is 5.82 Å². The van der Waals surface area contributed by atoms with E-state index in [4.69, 9.17) is 17.3 Å². The molecule has 19 heavy (non-hydrogen) atoms. The zero-order valence-corrected chi connectivity index (χ0v) is 10.3. The van der Waals surface area contributed by atoms with Crippen LogP contribution in [0.2, 0.25) is 5.02 Å². The van der Waals surface area contributed by atoms with Crippen LogP contribution in [-0.2, 0) is 0 Å². The summed E-state index contributed by atoms with van der Waals surface area (Å²) >= 11 is 5.74. The summed E-state index contributed by atoms with van der Waals surface area (Å²) < 4.78 is 28.7. The maximum Gasteiger partial charge on any atom is 0.206 e. The van der Waals surface area contributed by atoms with Gasteiger partial charge in [0, 0.05) is 6.07 Å². The first-order chi connectivity index (χ1) is 9.08. The Hall–Kier alpha value is -2.14. The third-order valence-corrected chi connectivity index (χ3v) is 3.11. The fourth-order valence-corrected chi connectivity index (χ4v) is 2.15. The van der Waals surface area contributed by atoms with Crippen molar-refractivity contribution in [1.82, 2.24) is 9.55 Å². The third-order valence-electron chi connectivity index (χ3n) is 2.81. The Morgan fingerprint density at radius 1 is 1.16 bits per heavy atom. The quantitative estimate of drug-likeness (QED) is 0.740. The Bertz CT molecular complexity index is 783. The summed E-state index contributed by atoms with van der Waals surface area (Å²) in [4.78, 5) is 4.07. The van der Waals surface area contributed by atoms with E-state index in [9.17, 15) is 8.78 Å². The first kappa shape index (κ1) is 11.9. The molecule has 3 rings (SSSR count). The van der Waals surface area contributed by atoms with E-state index in [2.05, 4.69) is 4.98 Å². The first-order valence-electron chi connectivity index (χ1n) is 5.46. The molecule has 0 unspecified atom stereocenters. The van der Waals surface area contributed by atoms with Crippen LogP contribution in [0.3, 0.4) is 0 Å². The van der Waals surface area contributed by atoms with E-state index in [0.29, 0.717) is 11.0 Å². The fourth-order valence-electron chi connectivity index (χ4n) is 1.99. The molecule has 0 aliphatic rings. The van der Waals surface area contributed by atoms with Crippen molar-refractivity contribution in [3.8, 4) is 5.69 Å². The minimum absolute atomic E-state index is 0.0323. The van der Waals surface area contributed by atoms with Crippen molar-refractivity contribution >= 4 is 28.6 Å². The number of benzene rings is 2. The molecule has 0 saturated heterocycles. The van der Waals surface area contributed by atoms with Crippen molar-refractivity contribution < 1.29 is 8.78 Å². The Balaban J connectivity index is 2.39. The molecule has 3 nitrogen and oxygen atoms in total. The number of rotatable bonds is 1. The Morgan fingerprint density at radius 3 is 2.74 bits per heavy atom. The molecule has 0 aliphatic carbocycles. The van der Waals surface area contributed by atoms with Crippen LogP contribution in [0.5, 0.6) is 0 Å². The lowest BCUT2D eigenvalue weighted by atomic mass is 10.2. The molecule has 0 saturated carbocycles. The summed E-state index contributed by atoms with van der Waals surface area (Å²) in [6, 6.07) is 8.53. The second-order valence-corrected chi connectivity index (χ2v) is 4.42. The van der Waals surface area contributed by atoms with Gasteiger partial charge in [-0.2, -0.15) is 0 Å². The van der Waals surface area contributed by atoms with E-state index in [1.165, 1.54) is 34.9 Å². The second kappa shape index (κ2) is 4.20. The highest BCUT2D eigenvalue weighted by molar-refractivity contribution is 6.30. The molecule has 0 fully saturated rings. The molecule has 3 aromatic rings. The predicted octanol–water partition coefficient (Wildman–Crippen LogP) is 3.54. The summed E-state index contributed by atoms with van der Waals surface area (Å²) in [6.45, 7) is 0. The molecule has 2 aromatic carbocycles. The lowest BCUT2D eigenvalue weighted by Gasteiger charge is -2.08. The van der Waals surface area contributed by atoms with E-state index >= 15 is 0 Å². The van der Waals surface area contributed by atoms with Crippen LogP contribution in [0.25, 0.3) is 16.7 Å². The van der Waals surface area contributed by atoms with E-state index in [0.717, 1.165) is 0 Å². The molecule has 0 spiro atoms. The second-order valence-electron chi connectivity index (χ2n) is 4.01. The van der Waals surface area contributed by atoms with Gasteiger partial charge >= 0.3 is 0 Å². The van der Waals surface area contributed by atoms with Crippen LogP contribution in [0.15, 0.2) is 36.4 Å². The first-order valence-corrected chi connectivity index (χ1v) is 5.83. The van der Waals surface area contributed by atoms with Gasteiger partial charge in [0.25, 0.3) is 0 Å². The Kier molecular flexibility index (Phi) is 2.64. The molecule has 0 bridgehead atoms. The number of hydrogen-bond donors (Lipinski definition) is 1. The average molecular weight is 280 g/mol. The smallest absolute Gasteiger partial charge is 0.206 e. The highest BCUT2D eigenvalue weighted by atomic mass is 35.5. The third kappa shape index (κ3) is 1.82. The van der Waals surface area contributed by atoms with Crippen molar-refractivity contribution in [2.75, 3.05) is 5.73 Å². The van der Waals surface area contributed by atoms with Gasteiger partial charge in [-0.05, 0) is 24.3 Å². The summed E-state index contributed by atoms with van der Waals surface area (Å²) in [6.07, 6.45) is 0. The number of nitrogens with zero attached hydrogens (tertiary/aromatic N) is 2. The molecule has 1 aromatic heterocycles. The molecule has 0 amide bonds. The normalized spacial score (nSPS) is 11.1. The summed E-state index contributed by atoms with van der Waals surface area (Å²) in [5.41, 5.74) is 6.78. The SMILES string of the molecule is Nc1nc2ccc(F)cc2n1-c1cccc(Cl)c1F. The molecule has 2 N–H and O–H groups in total. The molecule has 0 radical (unpaired) electrons. The highest BCUT2D eigenvalue weighted by Gasteiger charge is 2.15. The van der Waals surface area contributed by atoms with Crippen LogP contribution >= 0.6 is 11.6 Å². The molecule has 0 atom stereocenters. The van der Waals surface area contributed by atoms with Crippen LogP contribution in [0.1, 0.15) is 0 Å². The van der Waals surface area contributed by atoms with Crippen molar-refractivity contribution in [2.45, 2.75) is 0 Å². The largest absolute Gasteiger partial charge is 0.369 e. The minimum Gasteiger partial charge on any atom is -0.369 e. The fraction of sp³-hybridized carbons (Fsp3) is 0. The number of nitrogen functional groups attached to an aromatic ring is 1. The van der Waals surface area contributed by atoms with Gasteiger partial charge in [-0.25, -0.2) is 13.8 Å².